The average Bonchev–Trinajstić information content (AvgIpc) is 2.90. The Balaban J connectivity index is 1.94. The third-order valence-electron chi connectivity index (χ3n) is 3.87. The fourth-order valence-electron chi connectivity index (χ4n) is 2.82. The van der Waals surface area contributed by atoms with Gasteiger partial charge in [0.1, 0.15) is 17.0 Å². The molecule has 0 aliphatic heterocycles. The highest BCUT2D eigenvalue weighted by atomic mass is 19.2. The lowest BCUT2D eigenvalue weighted by atomic mass is 9.99. The summed E-state index contributed by atoms with van der Waals surface area (Å²) in [5, 5.41) is 1.27. The lowest BCUT2D eigenvalue weighted by Gasteiger charge is -2.05. The Hall–Kier alpha value is -2.75. The largest absolute Gasteiger partial charge is 0.456 e. The predicted molar refractivity (Wildman–Crippen MR) is 81.7 cm³/mol. The van der Waals surface area contributed by atoms with Crippen LogP contribution in [0, 0.1) is 23.5 Å². The molecular weight excluding hydrogens is 301 g/mol. The third kappa shape index (κ3) is 2.27. The minimum atomic E-state index is -0.891. The first-order valence-electron chi connectivity index (χ1n) is 7.08. The summed E-state index contributed by atoms with van der Waals surface area (Å²) in [7, 11) is 0. The maximum absolute atomic E-state index is 13.9. The Bertz CT molecular complexity index is 1030. The van der Waals surface area contributed by atoms with Gasteiger partial charge in [0.15, 0.2) is 11.6 Å². The number of rotatable bonds is 2. The van der Waals surface area contributed by atoms with E-state index in [0.717, 1.165) is 6.07 Å². The molecule has 1 heterocycles. The molecule has 4 aromatic rings. The normalized spacial score (nSPS) is 11.4. The van der Waals surface area contributed by atoms with E-state index in [2.05, 4.69) is 6.07 Å². The maximum Gasteiger partial charge on any atom is 0.162 e. The molecule has 0 fully saturated rings. The minimum absolute atomic E-state index is 0.145. The lowest BCUT2D eigenvalue weighted by Crippen LogP contribution is -1.96. The standard InChI is InChI=1S/C19H10F3O/c20-13-7-8-16-14(10-13)18-11(3-2-6-17(18)23-16)9-12-4-1-5-15(21)19(12)22/h1-2,4-8,10H,9H2. The number of fused-ring (bicyclic) bond motifs is 3. The number of furan rings is 1. The molecule has 3 aromatic carbocycles. The van der Waals surface area contributed by atoms with E-state index >= 15 is 0 Å². The van der Waals surface area contributed by atoms with Crippen LogP contribution in [-0.2, 0) is 6.42 Å². The fourth-order valence-corrected chi connectivity index (χ4v) is 2.82. The van der Waals surface area contributed by atoms with Gasteiger partial charge in [0.2, 0.25) is 0 Å². The van der Waals surface area contributed by atoms with Crippen molar-refractivity contribution in [2.45, 2.75) is 6.42 Å². The van der Waals surface area contributed by atoms with Crippen LogP contribution in [-0.4, -0.2) is 0 Å². The van der Waals surface area contributed by atoms with Crippen molar-refractivity contribution in [3.8, 4) is 0 Å². The number of benzene rings is 3. The molecule has 0 amide bonds. The van der Waals surface area contributed by atoms with Crippen LogP contribution in [0.1, 0.15) is 11.1 Å². The van der Waals surface area contributed by atoms with E-state index in [9.17, 15) is 13.2 Å². The molecule has 0 bridgehead atoms. The van der Waals surface area contributed by atoms with E-state index in [4.69, 9.17) is 4.42 Å². The van der Waals surface area contributed by atoms with Gasteiger partial charge in [0.05, 0.1) is 0 Å². The van der Waals surface area contributed by atoms with Crippen LogP contribution < -0.4 is 0 Å². The molecule has 0 aliphatic carbocycles. The third-order valence-corrected chi connectivity index (χ3v) is 3.87. The summed E-state index contributed by atoms with van der Waals surface area (Å²) in [5.74, 6) is -2.15. The van der Waals surface area contributed by atoms with Crippen LogP contribution >= 0.6 is 0 Å². The molecule has 0 saturated carbocycles. The van der Waals surface area contributed by atoms with Crippen molar-refractivity contribution in [1.82, 2.24) is 0 Å². The van der Waals surface area contributed by atoms with E-state index in [1.165, 1.54) is 24.3 Å². The molecule has 0 unspecified atom stereocenters. The zero-order valence-electron chi connectivity index (χ0n) is 11.9. The van der Waals surface area contributed by atoms with Gasteiger partial charge in [0.25, 0.3) is 0 Å². The highest BCUT2D eigenvalue weighted by molar-refractivity contribution is 6.06. The molecule has 1 radical (unpaired) electrons. The summed E-state index contributed by atoms with van der Waals surface area (Å²) in [6, 6.07) is 14.7. The Morgan fingerprint density at radius 3 is 2.70 bits per heavy atom. The number of hydrogen-bond donors (Lipinski definition) is 0. The van der Waals surface area contributed by atoms with Crippen molar-refractivity contribution in [2.75, 3.05) is 0 Å². The summed E-state index contributed by atoms with van der Waals surface area (Å²) < 4.78 is 46.5. The summed E-state index contributed by atoms with van der Waals surface area (Å²) in [4.78, 5) is 0. The van der Waals surface area contributed by atoms with Crippen molar-refractivity contribution < 1.29 is 17.6 Å². The molecule has 4 heteroatoms. The SMILES string of the molecule is Fc1ccc2oc3cc[c]c(Cc4cccc(F)c4F)c3c2c1. The Morgan fingerprint density at radius 2 is 1.83 bits per heavy atom. The summed E-state index contributed by atoms with van der Waals surface area (Å²) in [6.07, 6.45) is 0.145. The summed E-state index contributed by atoms with van der Waals surface area (Å²) in [6.45, 7) is 0. The van der Waals surface area contributed by atoms with E-state index in [-0.39, 0.29) is 17.8 Å². The van der Waals surface area contributed by atoms with Crippen molar-refractivity contribution in [3.05, 3.63) is 83.2 Å². The minimum Gasteiger partial charge on any atom is -0.456 e. The highest BCUT2D eigenvalue weighted by Crippen LogP contribution is 2.33. The molecule has 0 atom stereocenters. The fraction of sp³-hybridized carbons (Fsp3) is 0.0526. The molecule has 1 aromatic heterocycles. The summed E-state index contributed by atoms with van der Waals surface area (Å²) >= 11 is 0. The average molecular weight is 311 g/mol. The van der Waals surface area contributed by atoms with E-state index < -0.39 is 11.6 Å². The zero-order chi connectivity index (χ0) is 16.0. The molecule has 23 heavy (non-hydrogen) atoms. The van der Waals surface area contributed by atoms with Gasteiger partial charge in [0, 0.05) is 17.2 Å². The monoisotopic (exact) mass is 311 g/mol. The van der Waals surface area contributed by atoms with Crippen molar-refractivity contribution in [2.24, 2.45) is 0 Å². The van der Waals surface area contributed by atoms with E-state index in [1.807, 2.05) is 0 Å². The molecule has 4 rings (SSSR count). The molecule has 1 nitrogen and oxygen atoms in total. The predicted octanol–water partition coefficient (Wildman–Crippen LogP) is 5.39. The van der Waals surface area contributed by atoms with Crippen LogP contribution in [0.5, 0.6) is 0 Å². The second-order valence-electron chi connectivity index (χ2n) is 5.33. The van der Waals surface area contributed by atoms with Crippen LogP contribution in [0.3, 0.4) is 0 Å². The van der Waals surface area contributed by atoms with E-state index in [0.29, 0.717) is 27.5 Å². The molecular formula is C19H10F3O. The van der Waals surface area contributed by atoms with Gasteiger partial charge in [-0.25, -0.2) is 13.2 Å². The van der Waals surface area contributed by atoms with Gasteiger partial charge >= 0.3 is 0 Å². The molecule has 0 saturated heterocycles. The molecule has 113 valence electrons. The Labute approximate surface area is 130 Å². The Morgan fingerprint density at radius 1 is 0.957 bits per heavy atom. The van der Waals surface area contributed by atoms with Crippen molar-refractivity contribution in [1.29, 1.82) is 0 Å². The first-order chi connectivity index (χ1) is 11.1. The van der Waals surface area contributed by atoms with Crippen LogP contribution in [0.15, 0.2) is 52.9 Å². The van der Waals surface area contributed by atoms with Crippen LogP contribution in [0.4, 0.5) is 13.2 Å². The van der Waals surface area contributed by atoms with Crippen LogP contribution in [0.2, 0.25) is 0 Å². The van der Waals surface area contributed by atoms with Crippen molar-refractivity contribution in [3.63, 3.8) is 0 Å². The smallest absolute Gasteiger partial charge is 0.162 e. The number of hydrogen-bond acceptors (Lipinski definition) is 1. The quantitative estimate of drug-likeness (QED) is 0.483. The van der Waals surface area contributed by atoms with Gasteiger partial charge in [-0.3, -0.25) is 0 Å². The van der Waals surface area contributed by atoms with Gasteiger partial charge in [-0.05, 0) is 47.5 Å². The topological polar surface area (TPSA) is 13.1 Å². The van der Waals surface area contributed by atoms with Crippen LogP contribution in [0.25, 0.3) is 21.9 Å². The lowest BCUT2D eigenvalue weighted by molar-refractivity contribution is 0.501. The van der Waals surface area contributed by atoms with Gasteiger partial charge in [-0.1, -0.05) is 18.2 Å². The molecule has 0 spiro atoms. The van der Waals surface area contributed by atoms with E-state index in [1.54, 1.807) is 18.2 Å². The zero-order valence-corrected chi connectivity index (χ0v) is 11.9. The van der Waals surface area contributed by atoms with Gasteiger partial charge in [-0.2, -0.15) is 0 Å². The number of halogens is 3. The van der Waals surface area contributed by atoms with Gasteiger partial charge < -0.3 is 4.42 Å². The second kappa shape index (κ2) is 5.16. The highest BCUT2D eigenvalue weighted by Gasteiger charge is 2.15. The van der Waals surface area contributed by atoms with Gasteiger partial charge in [-0.15, -0.1) is 0 Å². The summed E-state index contributed by atoms with van der Waals surface area (Å²) in [5.41, 5.74) is 1.97. The first kappa shape index (κ1) is 13.9. The second-order valence-corrected chi connectivity index (χ2v) is 5.33. The molecule has 0 N–H and O–H groups in total. The first-order valence-corrected chi connectivity index (χ1v) is 7.08. The molecule has 0 aliphatic rings. The Kier molecular flexibility index (Phi) is 3.11. The van der Waals surface area contributed by atoms with Crippen molar-refractivity contribution >= 4 is 21.9 Å². The maximum atomic E-state index is 13.9.